The molecule has 6 nitrogen and oxygen atoms in total. The van der Waals surface area contributed by atoms with Crippen molar-refractivity contribution in [3.8, 4) is 28.3 Å². The molecule has 0 saturated heterocycles. The van der Waals surface area contributed by atoms with Crippen molar-refractivity contribution in [2.75, 3.05) is 27.7 Å². The number of fused-ring (bicyclic) bond motifs is 1. The van der Waals surface area contributed by atoms with Gasteiger partial charge >= 0.3 is 0 Å². The normalized spacial score (nSPS) is 11.2. The molecule has 0 amide bonds. The van der Waals surface area contributed by atoms with Gasteiger partial charge in [0.2, 0.25) is 0 Å². The van der Waals surface area contributed by atoms with Gasteiger partial charge < -0.3 is 9.64 Å². The maximum atomic E-state index is 12.7. The molecule has 158 valence electrons. The number of rotatable bonds is 8. The minimum atomic E-state index is 0.153. The smallest absolute Gasteiger partial charge is 0.162 e. The number of benzene rings is 2. The second-order valence-electron chi connectivity index (χ2n) is 7.74. The lowest BCUT2D eigenvalue weighted by molar-refractivity contribution is 0.0977. The van der Waals surface area contributed by atoms with Crippen molar-refractivity contribution >= 4 is 11.4 Å². The van der Waals surface area contributed by atoms with E-state index in [0.29, 0.717) is 12.0 Å². The molecule has 0 spiro atoms. The Balaban J connectivity index is 1.68. The summed E-state index contributed by atoms with van der Waals surface area (Å²) < 4.78 is 7.31. The lowest BCUT2D eigenvalue weighted by Crippen LogP contribution is -2.14. The van der Waals surface area contributed by atoms with Crippen LogP contribution in [0.1, 0.15) is 23.2 Å². The first-order valence-corrected chi connectivity index (χ1v) is 10.3. The number of methoxy groups -OCH3 is 1. The van der Waals surface area contributed by atoms with E-state index >= 15 is 0 Å². The molecule has 6 heteroatoms. The largest absolute Gasteiger partial charge is 0.496 e. The Morgan fingerprint density at radius 3 is 2.71 bits per heavy atom. The van der Waals surface area contributed by atoms with Crippen LogP contribution in [0, 0.1) is 0 Å². The van der Waals surface area contributed by atoms with Gasteiger partial charge in [-0.1, -0.05) is 30.3 Å². The quantitative estimate of drug-likeness (QED) is 0.395. The van der Waals surface area contributed by atoms with Crippen LogP contribution >= 0.6 is 0 Å². The van der Waals surface area contributed by atoms with Gasteiger partial charge in [-0.15, -0.1) is 0 Å². The predicted octanol–water partition coefficient (Wildman–Crippen LogP) is 4.60. The Kier molecular flexibility index (Phi) is 6.09. The minimum Gasteiger partial charge on any atom is -0.496 e. The standard InChI is InChI=1S/C25H26N4O2/c1-28(2)15-7-11-23(30)19-9-6-8-18(16-19)22-17-26-25-14-13-21(27-29(22)25)20-10-4-5-12-24(20)31-3/h4-6,8-10,12-14,16-17H,7,11,15H2,1-3H3. The number of carbonyl (C=O) groups excluding carboxylic acids is 1. The molecule has 0 bridgehead atoms. The third-order valence-corrected chi connectivity index (χ3v) is 5.23. The highest BCUT2D eigenvalue weighted by atomic mass is 16.5. The molecule has 2 aromatic carbocycles. The Morgan fingerprint density at radius 2 is 1.90 bits per heavy atom. The van der Waals surface area contributed by atoms with Crippen LogP contribution in [0.15, 0.2) is 66.9 Å². The van der Waals surface area contributed by atoms with E-state index in [0.717, 1.165) is 46.9 Å². The Bertz CT molecular complexity index is 1210. The van der Waals surface area contributed by atoms with Crippen molar-refractivity contribution in [1.82, 2.24) is 19.5 Å². The summed E-state index contributed by atoms with van der Waals surface area (Å²) in [4.78, 5) is 19.2. The first-order chi connectivity index (χ1) is 15.1. The highest BCUT2D eigenvalue weighted by molar-refractivity contribution is 5.97. The van der Waals surface area contributed by atoms with Crippen LogP contribution in [-0.2, 0) is 0 Å². The Hall–Kier alpha value is -3.51. The SMILES string of the molecule is COc1ccccc1-c1ccc2ncc(-c3cccc(C(=O)CCCN(C)C)c3)n2n1. The summed E-state index contributed by atoms with van der Waals surface area (Å²) in [7, 11) is 5.69. The van der Waals surface area contributed by atoms with Gasteiger partial charge in [0.05, 0.1) is 24.7 Å². The number of imidazole rings is 1. The number of hydrogen-bond donors (Lipinski definition) is 0. The highest BCUT2D eigenvalue weighted by Crippen LogP contribution is 2.29. The number of Topliss-reactive ketones (excluding diaryl/α,β-unsaturated/α-hetero) is 1. The van der Waals surface area contributed by atoms with Gasteiger partial charge in [0, 0.05) is 23.1 Å². The molecule has 2 heterocycles. The number of ketones is 1. The van der Waals surface area contributed by atoms with Crippen molar-refractivity contribution in [3.05, 3.63) is 72.4 Å². The van der Waals surface area contributed by atoms with E-state index in [4.69, 9.17) is 9.84 Å². The van der Waals surface area contributed by atoms with Crippen LogP contribution in [-0.4, -0.2) is 53.0 Å². The van der Waals surface area contributed by atoms with Crippen LogP contribution in [0.4, 0.5) is 0 Å². The third kappa shape index (κ3) is 4.49. The van der Waals surface area contributed by atoms with Crippen molar-refractivity contribution in [3.63, 3.8) is 0 Å². The lowest BCUT2D eigenvalue weighted by atomic mass is 10.0. The molecule has 0 fully saturated rings. The van der Waals surface area contributed by atoms with E-state index in [1.807, 2.05) is 79.3 Å². The van der Waals surface area contributed by atoms with Crippen molar-refractivity contribution in [2.24, 2.45) is 0 Å². The van der Waals surface area contributed by atoms with Gasteiger partial charge in [-0.05, 0) is 57.4 Å². The molecule has 0 aliphatic carbocycles. The third-order valence-electron chi connectivity index (χ3n) is 5.23. The zero-order valence-corrected chi connectivity index (χ0v) is 18.1. The fourth-order valence-electron chi connectivity index (χ4n) is 3.62. The van der Waals surface area contributed by atoms with Crippen molar-refractivity contribution in [1.29, 1.82) is 0 Å². The molecule has 0 aliphatic heterocycles. The molecule has 4 rings (SSSR count). The molecular formula is C25H26N4O2. The van der Waals surface area contributed by atoms with E-state index < -0.39 is 0 Å². The zero-order chi connectivity index (χ0) is 21.8. The molecule has 0 atom stereocenters. The van der Waals surface area contributed by atoms with E-state index in [1.54, 1.807) is 13.3 Å². The van der Waals surface area contributed by atoms with E-state index in [-0.39, 0.29) is 5.78 Å². The Morgan fingerprint density at radius 1 is 1.06 bits per heavy atom. The molecule has 0 saturated carbocycles. The fraction of sp³-hybridized carbons (Fsp3) is 0.240. The molecule has 0 unspecified atom stereocenters. The molecule has 4 aromatic rings. The van der Waals surface area contributed by atoms with Gasteiger partial charge in [-0.3, -0.25) is 4.79 Å². The number of hydrogen-bond acceptors (Lipinski definition) is 5. The second-order valence-corrected chi connectivity index (χ2v) is 7.74. The Labute approximate surface area is 182 Å². The van der Waals surface area contributed by atoms with Gasteiger partial charge in [0.25, 0.3) is 0 Å². The van der Waals surface area contributed by atoms with E-state index in [2.05, 4.69) is 9.88 Å². The minimum absolute atomic E-state index is 0.153. The maximum Gasteiger partial charge on any atom is 0.162 e. The van der Waals surface area contributed by atoms with Gasteiger partial charge in [-0.25, -0.2) is 9.50 Å². The van der Waals surface area contributed by atoms with Gasteiger partial charge in [-0.2, -0.15) is 5.10 Å². The predicted molar refractivity (Wildman–Crippen MR) is 123 cm³/mol. The average molecular weight is 415 g/mol. The van der Waals surface area contributed by atoms with E-state index in [1.165, 1.54) is 0 Å². The molecule has 31 heavy (non-hydrogen) atoms. The summed E-state index contributed by atoms with van der Waals surface area (Å²) in [5.74, 6) is 0.918. The van der Waals surface area contributed by atoms with Crippen LogP contribution in [0.25, 0.3) is 28.2 Å². The number of aromatic nitrogens is 3. The highest BCUT2D eigenvalue weighted by Gasteiger charge is 2.13. The van der Waals surface area contributed by atoms with Crippen molar-refractivity contribution in [2.45, 2.75) is 12.8 Å². The number of nitrogens with zero attached hydrogens (tertiary/aromatic N) is 4. The lowest BCUT2D eigenvalue weighted by Gasteiger charge is -2.10. The van der Waals surface area contributed by atoms with Crippen LogP contribution in [0.3, 0.4) is 0 Å². The number of carbonyl (C=O) groups is 1. The van der Waals surface area contributed by atoms with Crippen LogP contribution in [0.2, 0.25) is 0 Å². The summed E-state index contributed by atoms with van der Waals surface area (Å²) in [6.45, 7) is 0.897. The first kappa shape index (κ1) is 20.8. The van der Waals surface area contributed by atoms with Crippen LogP contribution < -0.4 is 4.74 Å². The zero-order valence-electron chi connectivity index (χ0n) is 18.1. The first-order valence-electron chi connectivity index (χ1n) is 10.3. The summed E-state index contributed by atoms with van der Waals surface area (Å²) >= 11 is 0. The van der Waals surface area contributed by atoms with Crippen LogP contribution in [0.5, 0.6) is 5.75 Å². The summed E-state index contributed by atoms with van der Waals surface area (Å²) in [5.41, 5.74) is 4.92. The van der Waals surface area contributed by atoms with E-state index in [9.17, 15) is 4.79 Å². The molecule has 0 aliphatic rings. The van der Waals surface area contributed by atoms with Gasteiger partial charge in [0.1, 0.15) is 5.75 Å². The summed E-state index contributed by atoms with van der Waals surface area (Å²) in [6, 6.07) is 19.4. The monoisotopic (exact) mass is 414 g/mol. The number of para-hydroxylation sites is 1. The van der Waals surface area contributed by atoms with Gasteiger partial charge in [0.15, 0.2) is 11.4 Å². The number of ether oxygens (including phenoxy) is 1. The molecular weight excluding hydrogens is 388 g/mol. The molecule has 0 radical (unpaired) electrons. The maximum absolute atomic E-state index is 12.7. The molecule has 2 aromatic heterocycles. The molecule has 0 N–H and O–H groups in total. The summed E-state index contributed by atoms with van der Waals surface area (Å²) in [6.07, 6.45) is 3.17. The summed E-state index contributed by atoms with van der Waals surface area (Å²) in [5, 5.41) is 4.82. The van der Waals surface area contributed by atoms with Crippen molar-refractivity contribution < 1.29 is 9.53 Å². The fourth-order valence-corrected chi connectivity index (χ4v) is 3.62. The average Bonchev–Trinajstić information content (AvgIpc) is 3.22. The topological polar surface area (TPSA) is 59.7 Å². The second kappa shape index (κ2) is 9.10.